The van der Waals surface area contributed by atoms with Crippen LogP contribution in [-0.4, -0.2) is 10.1 Å². The molecule has 0 atom stereocenters. The van der Waals surface area contributed by atoms with Crippen molar-refractivity contribution in [3.8, 4) is 5.75 Å². The van der Waals surface area contributed by atoms with E-state index in [2.05, 4.69) is 27.5 Å². The van der Waals surface area contributed by atoms with E-state index >= 15 is 0 Å². The number of aromatic hydroxyl groups is 1. The van der Waals surface area contributed by atoms with Crippen molar-refractivity contribution in [1.29, 1.82) is 0 Å². The van der Waals surface area contributed by atoms with Crippen molar-refractivity contribution in [1.82, 2.24) is 4.98 Å². The third-order valence-corrected chi connectivity index (χ3v) is 1.85. The van der Waals surface area contributed by atoms with E-state index in [9.17, 15) is 0 Å². The molecule has 0 spiro atoms. The van der Waals surface area contributed by atoms with Crippen molar-refractivity contribution in [2.45, 2.75) is 6.92 Å². The van der Waals surface area contributed by atoms with Gasteiger partial charge in [0.05, 0.1) is 5.69 Å². The number of hydrogen-bond donors (Lipinski definition) is 1. The molecule has 0 saturated heterocycles. The number of halogens is 1. The molecule has 1 heterocycles. The summed E-state index contributed by atoms with van der Waals surface area (Å²) in [5.41, 5.74) is 1.67. The summed E-state index contributed by atoms with van der Waals surface area (Å²) in [7, 11) is 0. The summed E-state index contributed by atoms with van der Waals surface area (Å²) >= 11 is 3.11. The standard InChI is InChI=1S/C8H8BrNO/c1-5(2)6-3-4-7(11)8(9)10-6/h3-4,11H,1H2,2H3. The molecule has 2 nitrogen and oxygen atoms in total. The van der Waals surface area contributed by atoms with Gasteiger partial charge in [0.25, 0.3) is 0 Å². The molecule has 1 N–H and O–H groups in total. The highest BCUT2D eigenvalue weighted by molar-refractivity contribution is 9.10. The molecule has 1 aromatic rings. The Balaban J connectivity index is 3.15. The van der Waals surface area contributed by atoms with Crippen LogP contribution in [0.3, 0.4) is 0 Å². The van der Waals surface area contributed by atoms with Crippen molar-refractivity contribution in [3.05, 3.63) is 29.0 Å². The van der Waals surface area contributed by atoms with E-state index in [1.165, 1.54) is 0 Å². The molecule has 0 bridgehead atoms. The van der Waals surface area contributed by atoms with Crippen LogP contribution < -0.4 is 0 Å². The average Bonchev–Trinajstić information content (AvgIpc) is 1.94. The van der Waals surface area contributed by atoms with Gasteiger partial charge in [0, 0.05) is 0 Å². The number of hydrogen-bond acceptors (Lipinski definition) is 2. The van der Waals surface area contributed by atoms with Gasteiger partial charge in [0.15, 0.2) is 0 Å². The zero-order valence-corrected chi connectivity index (χ0v) is 7.72. The number of nitrogens with zero attached hydrogens (tertiary/aromatic N) is 1. The highest BCUT2D eigenvalue weighted by atomic mass is 79.9. The van der Waals surface area contributed by atoms with Crippen LogP contribution in [0.4, 0.5) is 0 Å². The number of pyridine rings is 1. The minimum Gasteiger partial charge on any atom is -0.505 e. The second-order valence-corrected chi connectivity index (χ2v) is 3.04. The van der Waals surface area contributed by atoms with E-state index in [-0.39, 0.29) is 5.75 Å². The maximum atomic E-state index is 9.09. The summed E-state index contributed by atoms with van der Waals surface area (Å²) in [4.78, 5) is 4.04. The molecule has 0 amide bonds. The second-order valence-electron chi connectivity index (χ2n) is 2.29. The summed E-state index contributed by atoms with van der Waals surface area (Å²) in [6.45, 7) is 5.60. The van der Waals surface area contributed by atoms with Crippen molar-refractivity contribution < 1.29 is 5.11 Å². The summed E-state index contributed by atoms with van der Waals surface area (Å²) < 4.78 is 0.456. The van der Waals surface area contributed by atoms with Crippen LogP contribution in [0.15, 0.2) is 23.3 Å². The van der Waals surface area contributed by atoms with Gasteiger partial charge in [-0.1, -0.05) is 6.58 Å². The van der Waals surface area contributed by atoms with Gasteiger partial charge in [0.2, 0.25) is 0 Å². The summed E-state index contributed by atoms with van der Waals surface area (Å²) in [5.74, 6) is 0.148. The molecule has 0 unspecified atom stereocenters. The molecule has 11 heavy (non-hydrogen) atoms. The molecule has 0 aromatic carbocycles. The minimum atomic E-state index is 0.148. The van der Waals surface area contributed by atoms with Crippen molar-refractivity contribution in [2.24, 2.45) is 0 Å². The zero-order valence-electron chi connectivity index (χ0n) is 6.13. The lowest BCUT2D eigenvalue weighted by Gasteiger charge is -2.00. The SMILES string of the molecule is C=C(C)c1ccc(O)c(Br)n1. The Kier molecular flexibility index (Phi) is 2.29. The third kappa shape index (κ3) is 1.80. The molecule has 0 aliphatic heterocycles. The van der Waals surface area contributed by atoms with Gasteiger partial charge in [-0.15, -0.1) is 0 Å². The molecule has 0 aliphatic carbocycles. The van der Waals surface area contributed by atoms with Gasteiger partial charge >= 0.3 is 0 Å². The average molecular weight is 214 g/mol. The molecular weight excluding hydrogens is 206 g/mol. The quantitative estimate of drug-likeness (QED) is 0.728. The van der Waals surface area contributed by atoms with Gasteiger partial charge in [-0.3, -0.25) is 0 Å². The lowest BCUT2D eigenvalue weighted by atomic mass is 10.2. The Morgan fingerprint density at radius 1 is 1.64 bits per heavy atom. The van der Waals surface area contributed by atoms with Crippen LogP contribution >= 0.6 is 15.9 Å². The third-order valence-electron chi connectivity index (χ3n) is 1.27. The fourth-order valence-electron chi connectivity index (χ4n) is 0.665. The van der Waals surface area contributed by atoms with Crippen LogP contribution in [0.1, 0.15) is 12.6 Å². The maximum absolute atomic E-state index is 9.09. The first-order valence-electron chi connectivity index (χ1n) is 3.12. The predicted molar refractivity (Wildman–Crippen MR) is 48.3 cm³/mol. The molecule has 1 rings (SSSR count). The number of aromatic nitrogens is 1. The second kappa shape index (κ2) is 3.05. The Morgan fingerprint density at radius 3 is 2.73 bits per heavy atom. The summed E-state index contributed by atoms with van der Waals surface area (Å²) in [5, 5.41) is 9.09. The van der Waals surface area contributed by atoms with Gasteiger partial charge in [-0.05, 0) is 40.6 Å². The first kappa shape index (κ1) is 8.27. The fraction of sp³-hybridized carbons (Fsp3) is 0.125. The first-order valence-corrected chi connectivity index (χ1v) is 3.92. The van der Waals surface area contributed by atoms with E-state index in [0.29, 0.717) is 4.60 Å². The fourth-order valence-corrected chi connectivity index (χ4v) is 0.988. The molecule has 58 valence electrons. The lowest BCUT2D eigenvalue weighted by molar-refractivity contribution is 0.468. The number of allylic oxidation sites excluding steroid dienone is 1. The van der Waals surface area contributed by atoms with Crippen molar-refractivity contribution in [3.63, 3.8) is 0 Å². The highest BCUT2D eigenvalue weighted by Gasteiger charge is 2.00. The van der Waals surface area contributed by atoms with E-state index in [4.69, 9.17) is 5.11 Å². The Labute approximate surface area is 73.7 Å². The minimum absolute atomic E-state index is 0.148. The molecule has 3 heteroatoms. The number of rotatable bonds is 1. The van der Waals surface area contributed by atoms with Crippen LogP contribution in [0.25, 0.3) is 5.57 Å². The first-order chi connectivity index (χ1) is 5.11. The van der Waals surface area contributed by atoms with Gasteiger partial charge < -0.3 is 5.11 Å². The van der Waals surface area contributed by atoms with E-state index in [0.717, 1.165) is 11.3 Å². The van der Waals surface area contributed by atoms with Crippen molar-refractivity contribution in [2.75, 3.05) is 0 Å². The molecule has 0 aliphatic rings. The highest BCUT2D eigenvalue weighted by Crippen LogP contribution is 2.22. The van der Waals surface area contributed by atoms with Crippen LogP contribution in [-0.2, 0) is 0 Å². The van der Waals surface area contributed by atoms with Gasteiger partial charge in [-0.2, -0.15) is 0 Å². The largest absolute Gasteiger partial charge is 0.505 e. The molecule has 0 radical (unpaired) electrons. The molecule has 1 aromatic heterocycles. The topological polar surface area (TPSA) is 33.1 Å². The van der Waals surface area contributed by atoms with Crippen molar-refractivity contribution >= 4 is 21.5 Å². The predicted octanol–water partition coefficient (Wildman–Crippen LogP) is 2.58. The molecule has 0 saturated carbocycles. The van der Waals surface area contributed by atoms with Crippen LogP contribution in [0.2, 0.25) is 0 Å². The Hall–Kier alpha value is -0.830. The van der Waals surface area contributed by atoms with E-state index < -0.39 is 0 Å². The van der Waals surface area contributed by atoms with E-state index in [1.54, 1.807) is 12.1 Å². The monoisotopic (exact) mass is 213 g/mol. The Morgan fingerprint density at radius 2 is 2.27 bits per heavy atom. The maximum Gasteiger partial charge on any atom is 0.148 e. The van der Waals surface area contributed by atoms with E-state index in [1.807, 2.05) is 6.92 Å². The zero-order chi connectivity index (χ0) is 8.43. The summed E-state index contributed by atoms with van der Waals surface area (Å²) in [6.07, 6.45) is 0. The van der Waals surface area contributed by atoms with Gasteiger partial charge in [0.1, 0.15) is 10.4 Å². The summed E-state index contributed by atoms with van der Waals surface area (Å²) in [6, 6.07) is 3.31. The van der Waals surface area contributed by atoms with Gasteiger partial charge in [-0.25, -0.2) is 4.98 Å². The lowest BCUT2D eigenvalue weighted by Crippen LogP contribution is -1.84. The Bertz CT molecular complexity index is 296. The molecular formula is C8H8BrNO. The smallest absolute Gasteiger partial charge is 0.148 e. The molecule has 0 fully saturated rings. The normalized spacial score (nSPS) is 9.64. The van der Waals surface area contributed by atoms with Crippen LogP contribution in [0.5, 0.6) is 5.75 Å². The van der Waals surface area contributed by atoms with Crippen LogP contribution in [0, 0.1) is 0 Å².